The lowest BCUT2D eigenvalue weighted by Gasteiger charge is -1.87. The lowest BCUT2D eigenvalue weighted by Crippen LogP contribution is -1.73. The zero-order valence-electron chi connectivity index (χ0n) is 7.53. The van der Waals surface area contributed by atoms with E-state index in [4.69, 9.17) is 9.47 Å². The highest BCUT2D eigenvalue weighted by atomic mass is 32.1. The maximum atomic E-state index is 5.03. The fourth-order valence-corrected chi connectivity index (χ4v) is 1.39. The van der Waals surface area contributed by atoms with Crippen LogP contribution in [0.4, 0.5) is 0 Å². The molecule has 0 aliphatic carbocycles. The van der Waals surface area contributed by atoms with Crippen LogP contribution in [-0.2, 0) is 4.74 Å². The average Bonchev–Trinajstić information content (AvgIpc) is 2.60. The SMILES string of the molecule is CO/C=C\C#Cc1ccc(OC)s1. The lowest BCUT2D eigenvalue weighted by molar-refractivity contribution is 0.338. The zero-order valence-corrected chi connectivity index (χ0v) is 8.35. The van der Waals surface area contributed by atoms with Crippen LogP contribution in [-0.4, -0.2) is 14.2 Å². The molecule has 0 bridgehead atoms. The summed E-state index contributed by atoms with van der Waals surface area (Å²) in [6, 6.07) is 3.83. The van der Waals surface area contributed by atoms with Crippen LogP contribution in [0.1, 0.15) is 4.88 Å². The Labute approximate surface area is 81.8 Å². The van der Waals surface area contributed by atoms with Crippen molar-refractivity contribution in [1.29, 1.82) is 0 Å². The third-order valence-electron chi connectivity index (χ3n) is 1.27. The van der Waals surface area contributed by atoms with E-state index in [0.717, 1.165) is 9.94 Å². The number of methoxy groups -OCH3 is 2. The first-order valence-corrected chi connectivity index (χ1v) is 4.51. The van der Waals surface area contributed by atoms with Crippen molar-refractivity contribution in [2.75, 3.05) is 14.2 Å². The second-order valence-electron chi connectivity index (χ2n) is 2.13. The van der Waals surface area contributed by atoms with E-state index in [1.807, 2.05) is 12.1 Å². The summed E-state index contributed by atoms with van der Waals surface area (Å²) >= 11 is 1.52. The van der Waals surface area contributed by atoms with Gasteiger partial charge in [-0.05, 0) is 12.1 Å². The van der Waals surface area contributed by atoms with E-state index in [-0.39, 0.29) is 0 Å². The minimum Gasteiger partial charge on any atom is -0.504 e. The van der Waals surface area contributed by atoms with Crippen LogP contribution in [0.2, 0.25) is 0 Å². The van der Waals surface area contributed by atoms with Gasteiger partial charge in [-0.3, -0.25) is 0 Å². The Kier molecular flexibility index (Phi) is 3.94. The molecule has 0 aliphatic rings. The van der Waals surface area contributed by atoms with Crippen molar-refractivity contribution in [2.24, 2.45) is 0 Å². The van der Waals surface area contributed by atoms with Gasteiger partial charge in [0.25, 0.3) is 0 Å². The standard InChI is InChI=1S/C10H10O2S/c1-11-8-4-3-5-9-6-7-10(12-2)13-9/h4,6-8H,1-2H3/b8-4-. The second-order valence-corrected chi connectivity index (χ2v) is 3.18. The third-order valence-corrected chi connectivity index (χ3v) is 2.23. The Hall–Kier alpha value is -1.40. The maximum absolute atomic E-state index is 5.03. The highest BCUT2D eigenvalue weighted by molar-refractivity contribution is 7.14. The molecule has 3 heteroatoms. The van der Waals surface area contributed by atoms with Crippen molar-refractivity contribution in [3.63, 3.8) is 0 Å². The van der Waals surface area contributed by atoms with Gasteiger partial charge in [0.15, 0.2) is 5.06 Å². The molecule has 0 amide bonds. The molecular weight excluding hydrogens is 184 g/mol. The van der Waals surface area contributed by atoms with Gasteiger partial charge in [0.1, 0.15) is 0 Å². The Morgan fingerprint density at radius 1 is 1.38 bits per heavy atom. The number of ether oxygens (including phenoxy) is 2. The highest BCUT2D eigenvalue weighted by Crippen LogP contribution is 2.22. The minimum absolute atomic E-state index is 0.875. The zero-order chi connectivity index (χ0) is 9.52. The molecular formula is C10H10O2S. The molecule has 1 rings (SSSR count). The van der Waals surface area contributed by atoms with Crippen LogP contribution in [0.5, 0.6) is 5.06 Å². The van der Waals surface area contributed by atoms with E-state index in [2.05, 4.69) is 11.8 Å². The largest absolute Gasteiger partial charge is 0.504 e. The summed E-state index contributed by atoms with van der Waals surface area (Å²) in [5.41, 5.74) is 0. The molecule has 0 spiro atoms. The molecule has 2 nitrogen and oxygen atoms in total. The Morgan fingerprint density at radius 2 is 2.23 bits per heavy atom. The van der Waals surface area contributed by atoms with Gasteiger partial charge in [-0.25, -0.2) is 0 Å². The van der Waals surface area contributed by atoms with Crippen LogP contribution >= 0.6 is 11.3 Å². The average molecular weight is 194 g/mol. The first-order valence-electron chi connectivity index (χ1n) is 3.70. The molecule has 1 aromatic heterocycles. The van der Waals surface area contributed by atoms with Gasteiger partial charge in [-0.2, -0.15) is 0 Å². The lowest BCUT2D eigenvalue weighted by atomic mass is 10.4. The molecule has 0 saturated heterocycles. The van der Waals surface area contributed by atoms with Gasteiger partial charge in [-0.15, -0.1) is 0 Å². The predicted octanol–water partition coefficient (Wildman–Crippen LogP) is 2.27. The number of thiophene rings is 1. The first kappa shape index (κ1) is 9.69. The van der Waals surface area contributed by atoms with Gasteiger partial charge in [0, 0.05) is 6.08 Å². The van der Waals surface area contributed by atoms with Crippen LogP contribution < -0.4 is 4.74 Å². The maximum Gasteiger partial charge on any atom is 0.174 e. The number of hydrogen-bond acceptors (Lipinski definition) is 3. The van der Waals surface area contributed by atoms with Crippen LogP contribution in [0, 0.1) is 11.8 Å². The van der Waals surface area contributed by atoms with E-state index in [0.29, 0.717) is 0 Å². The fourth-order valence-electron chi connectivity index (χ4n) is 0.712. The summed E-state index contributed by atoms with van der Waals surface area (Å²) < 4.78 is 9.73. The molecule has 0 saturated carbocycles. The van der Waals surface area contributed by atoms with Crippen LogP contribution in [0.15, 0.2) is 24.5 Å². The Bertz CT molecular complexity index is 341. The molecule has 0 aromatic carbocycles. The van der Waals surface area contributed by atoms with E-state index in [9.17, 15) is 0 Å². The van der Waals surface area contributed by atoms with Gasteiger partial charge in [0.05, 0.1) is 25.4 Å². The number of allylic oxidation sites excluding steroid dienone is 1. The molecule has 13 heavy (non-hydrogen) atoms. The van der Waals surface area contributed by atoms with Crippen LogP contribution in [0.25, 0.3) is 0 Å². The molecule has 0 unspecified atom stereocenters. The summed E-state index contributed by atoms with van der Waals surface area (Å²) in [4.78, 5) is 0.984. The van der Waals surface area contributed by atoms with Crippen molar-refractivity contribution < 1.29 is 9.47 Å². The second kappa shape index (κ2) is 5.28. The fraction of sp³-hybridized carbons (Fsp3) is 0.200. The number of rotatable bonds is 2. The summed E-state index contributed by atoms with van der Waals surface area (Å²) in [5, 5.41) is 0.875. The first-order chi connectivity index (χ1) is 6.36. The predicted molar refractivity (Wildman–Crippen MR) is 53.9 cm³/mol. The van der Waals surface area contributed by atoms with Crippen molar-refractivity contribution in [3.8, 4) is 16.9 Å². The molecule has 0 N–H and O–H groups in total. The quantitative estimate of drug-likeness (QED) is 0.531. The Morgan fingerprint density at radius 3 is 2.85 bits per heavy atom. The van der Waals surface area contributed by atoms with Crippen molar-refractivity contribution in [2.45, 2.75) is 0 Å². The van der Waals surface area contributed by atoms with Gasteiger partial charge in [0.2, 0.25) is 0 Å². The molecule has 0 atom stereocenters. The number of hydrogen-bond donors (Lipinski definition) is 0. The van der Waals surface area contributed by atoms with E-state index < -0.39 is 0 Å². The molecule has 68 valence electrons. The van der Waals surface area contributed by atoms with E-state index >= 15 is 0 Å². The van der Waals surface area contributed by atoms with Crippen molar-refractivity contribution >= 4 is 11.3 Å². The van der Waals surface area contributed by atoms with Gasteiger partial charge in [-0.1, -0.05) is 23.2 Å². The van der Waals surface area contributed by atoms with Crippen LogP contribution in [0.3, 0.4) is 0 Å². The van der Waals surface area contributed by atoms with Gasteiger partial charge >= 0.3 is 0 Å². The van der Waals surface area contributed by atoms with Crippen molar-refractivity contribution in [1.82, 2.24) is 0 Å². The summed E-state index contributed by atoms with van der Waals surface area (Å²) in [7, 11) is 3.24. The van der Waals surface area contributed by atoms with Gasteiger partial charge < -0.3 is 9.47 Å². The normalized spacial score (nSPS) is 9.38. The smallest absolute Gasteiger partial charge is 0.174 e. The minimum atomic E-state index is 0.875. The topological polar surface area (TPSA) is 18.5 Å². The summed E-state index contributed by atoms with van der Waals surface area (Å²) in [6.07, 6.45) is 3.20. The molecule has 0 radical (unpaired) electrons. The molecule has 0 fully saturated rings. The molecule has 0 aliphatic heterocycles. The van der Waals surface area contributed by atoms with Crippen molar-refractivity contribution in [3.05, 3.63) is 29.3 Å². The van der Waals surface area contributed by atoms with E-state index in [1.54, 1.807) is 20.3 Å². The third kappa shape index (κ3) is 3.22. The highest BCUT2D eigenvalue weighted by Gasteiger charge is 1.94. The van der Waals surface area contributed by atoms with E-state index in [1.165, 1.54) is 17.6 Å². The summed E-state index contributed by atoms with van der Waals surface area (Å²) in [6.45, 7) is 0. The summed E-state index contributed by atoms with van der Waals surface area (Å²) in [5.74, 6) is 5.80. The Balaban J connectivity index is 2.61. The molecule has 1 heterocycles. The molecule has 1 aromatic rings. The monoisotopic (exact) mass is 194 g/mol.